The highest BCUT2D eigenvalue weighted by atomic mass is 32.2. The molecule has 0 bridgehead atoms. The molecule has 6 heteroatoms. The molecule has 0 saturated heterocycles. The normalized spacial score (nSPS) is 12.6. The molecule has 0 N–H and O–H groups in total. The molecular formula is C56H37N5S. The Labute approximate surface area is 365 Å². The molecule has 11 rings (SSSR count). The lowest BCUT2D eigenvalue weighted by Gasteiger charge is -2.42. The van der Waals surface area contributed by atoms with Gasteiger partial charge in [0, 0.05) is 62.4 Å². The van der Waals surface area contributed by atoms with Gasteiger partial charge in [-0.1, -0.05) is 157 Å². The first-order valence-electron chi connectivity index (χ1n) is 20.6. The minimum Gasteiger partial charge on any atom is -0.265 e. The highest BCUT2D eigenvalue weighted by Crippen LogP contribution is 2.57. The fourth-order valence-corrected chi connectivity index (χ4v) is 9.98. The van der Waals surface area contributed by atoms with Crippen LogP contribution in [0.5, 0.6) is 0 Å². The molecule has 0 atom stereocenters. The zero-order valence-electron chi connectivity index (χ0n) is 33.5. The van der Waals surface area contributed by atoms with Crippen molar-refractivity contribution in [2.45, 2.75) is 15.2 Å². The molecule has 0 spiro atoms. The Morgan fingerprint density at radius 3 is 1.26 bits per heavy atom. The van der Waals surface area contributed by atoms with Gasteiger partial charge in [-0.25, -0.2) is 15.0 Å². The van der Waals surface area contributed by atoms with E-state index in [1.54, 1.807) is 0 Å². The van der Waals surface area contributed by atoms with Crippen LogP contribution in [0.4, 0.5) is 0 Å². The van der Waals surface area contributed by atoms with Crippen LogP contribution < -0.4 is 0 Å². The van der Waals surface area contributed by atoms with Gasteiger partial charge in [-0.2, -0.15) is 0 Å². The van der Waals surface area contributed by atoms with E-state index in [1.165, 1.54) is 32.0 Å². The van der Waals surface area contributed by atoms with Crippen LogP contribution in [0.15, 0.2) is 235 Å². The quantitative estimate of drug-likeness (QED) is 0.152. The Morgan fingerprint density at radius 1 is 0.306 bits per heavy atom. The second-order valence-corrected chi connectivity index (χ2v) is 16.4. The third-order valence-corrected chi connectivity index (χ3v) is 12.8. The second kappa shape index (κ2) is 16.0. The first kappa shape index (κ1) is 37.2. The molecule has 0 saturated carbocycles. The lowest BCUT2D eigenvalue weighted by atomic mass is 9.64. The maximum absolute atomic E-state index is 5.23. The minimum absolute atomic E-state index is 0.603. The van der Waals surface area contributed by atoms with Gasteiger partial charge < -0.3 is 0 Å². The van der Waals surface area contributed by atoms with Crippen LogP contribution in [-0.4, -0.2) is 24.9 Å². The summed E-state index contributed by atoms with van der Waals surface area (Å²) in [5.74, 6) is 0.694. The van der Waals surface area contributed by atoms with Crippen LogP contribution in [0.3, 0.4) is 0 Å². The first-order chi connectivity index (χ1) is 30.7. The van der Waals surface area contributed by atoms with Crippen molar-refractivity contribution in [1.29, 1.82) is 0 Å². The lowest BCUT2D eigenvalue weighted by molar-refractivity contribution is 0.703. The number of aromatic nitrogens is 5. The minimum atomic E-state index is -0.603. The van der Waals surface area contributed by atoms with Crippen molar-refractivity contribution >= 4 is 11.8 Å². The number of fused-ring (bicyclic) bond motifs is 2. The van der Waals surface area contributed by atoms with E-state index in [-0.39, 0.29) is 0 Å². The van der Waals surface area contributed by atoms with Crippen molar-refractivity contribution in [2.24, 2.45) is 0 Å². The van der Waals surface area contributed by atoms with E-state index in [0.29, 0.717) is 5.82 Å². The molecule has 0 unspecified atom stereocenters. The zero-order valence-corrected chi connectivity index (χ0v) is 34.3. The number of nitrogens with zero attached hydrogens (tertiary/aromatic N) is 5. The van der Waals surface area contributed by atoms with E-state index >= 15 is 0 Å². The van der Waals surface area contributed by atoms with Crippen molar-refractivity contribution in [1.82, 2.24) is 24.9 Å². The summed E-state index contributed by atoms with van der Waals surface area (Å²) in [6.07, 6.45) is 7.26. The second-order valence-electron chi connectivity index (χ2n) is 15.3. The maximum atomic E-state index is 5.23. The Bertz CT molecular complexity index is 2850. The van der Waals surface area contributed by atoms with E-state index in [4.69, 9.17) is 15.0 Å². The smallest absolute Gasteiger partial charge is 0.160 e. The third-order valence-electron chi connectivity index (χ3n) is 11.6. The van der Waals surface area contributed by atoms with Gasteiger partial charge >= 0.3 is 0 Å². The summed E-state index contributed by atoms with van der Waals surface area (Å²) in [6, 6.07) is 70.9. The van der Waals surface area contributed by atoms with Crippen molar-refractivity contribution < 1.29 is 0 Å². The van der Waals surface area contributed by atoms with Crippen LogP contribution in [0.25, 0.3) is 67.5 Å². The first-order valence-corrected chi connectivity index (χ1v) is 21.4. The fourth-order valence-electron chi connectivity index (χ4n) is 8.71. The summed E-state index contributed by atoms with van der Waals surface area (Å²) in [5, 5.41) is 0. The predicted octanol–water partition coefficient (Wildman–Crippen LogP) is 13.5. The van der Waals surface area contributed by atoms with Crippen LogP contribution in [0.1, 0.15) is 22.3 Å². The molecule has 292 valence electrons. The number of benzene rings is 6. The molecule has 6 aromatic carbocycles. The van der Waals surface area contributed by atoms with Gasteiger partial charge in [0.2, 0.25) is 0 Å². The Balaban J connectivity index is 1.13. The maximum Gasteiger partial charge on any atom is 0.160 e. The highest BCUT2D eigenvalue weighted by molar-refractivity contribution is 7.99. The zero-order chi connectivity index (χ0) is 41.3. The van der Waals surface area contributed by atoms with Gasteiger partial charge in [0.1, 0.15) is 0 Å². The number of pyridine rings is 3. The molecule has 1 aliphatic heterocycles. The molecule has 0 fully saturated rings. The van der Waals surface area contributed by atoms with Gasteiger partial charge in [0.25, 0.3) is 0 Å². The average Bonchev–Trinajstić information content (AvgIpc) is 3.36. The molecule has 0 radical (unpaired) electrons. The van der Waals surface area contributed by atoms with Gasteiger partial charge in [-0.3, -0.25) is 9.97 Å². The Hall–Kier alpha value is -7.80. The lowest BCUT2D eigenvalue weighted by Crippen LogP contribution is -2.34. The third kappa shape index (κ3) is 6.77. The standard InChI is InChI=1S/C56H37N5S/c1-5-13-38(14-6-1)51-37-52(61-55(60-51)41-15-7-2-8-16-41)43-22-24-48-54(36-43)62-53-35-42(21-23-47(53)56(48,45-17-9-3-10-18-45)46-19-11-4-12-20-46)44-33-49(39-25-29-57-30-26-39)59-50(34-44)40-27-31-58-32-28-40/h1-37H. The van der Waals surface area contributed by atoms with E-state index in [0.717, 1.165) is 61.7 Å². The number of hydrogen-bond acceptors (Lipinski definition) is 6. The summed E-state index contributed by atoms with van der Waals surface area (Å²) < 4.78 is 0. The van der Waals surface area contributed by atoms with Gasteiger partial charge in [0.05, 0.1) is 28.2 Å². The summed E-state index contributed by atoms with van der Waals surface area (Å²) >= 11 is 1.82. The van der Waals surface area contributed by atoms with E-state index in [1.807, 2.05) is 85.1 Å². The number of rotatable bonds is 8. The van der Waals surface area contributed by atoms with Crippen LogP contribution in [-0.2, 0) is 5.41 Å². The van der Waals surface area contributed by atoms with E-state index in [9.17, 15) is 0 Å². The molecular weight excluding hydrogens is 775 g/mol. The van der Waals surface area contributed by atoms with Crippen molar-refractivity contribution in [3.63, 3.8) is 0 Å². The summed E-state index contributed by atoms with van der Waals surface area (Å²) in [5.41, 5.74) is 15.0. The number of hydrogen-bond donors (Lipinski definition) is 0. The van der Waals surface area contributed by atoms with Crippen molar-refractivity contribution in [3.8, 4) is 67.5 Å². The van der Waals surface area contributed by atoms with E-state index in [2.05, 4.69) is 162 Å². The highest BCUT2D eigenvalue weighted by Gasteiger charge is 2.44. The van der Waals surface area contributed by atoms with Crippen LogP contribution in [0.2, 0.25) is 0 Å². The van der Waals surface area contributed by atoms with Crippen LogP contribution >= 0.6 is 11.8 Å². The summed E-state index contributed by atoms with van der Waals surface area (Å²) in [7, 11) is 0. The van der Waals surface area contributed by atoms with Crippen molar-refractivity contribution in [2.75, 3.05) is 0 Å². The largest absolute Gasteiger partial charge is 0.265 e. The van der Waals surface area contributed by atoms with Gasteiger partial charge in [0.15, 0.2) is 5.82 Å². The van der Waals surface area contributed by atoms with E-state index < -0.39 is 5.41 Å². The Morgan fingerprint density at radius 2 is 0.726 bits per heavy atom. The molecule has 5 nitrogen and oxygen atoms in total. The summed E-state index contributed by atoms with van der Waals surface area (Å²) in [4.78, 5) is 26.4. The molecule has 0 amide bonds. The molecule has 1 aliphatic rings. The van der Waals surface area contributed by atoms with Gasteiger partial charge in [-0.05, 0) is 88.0 Å². The SMILES string of the molecule is c1ccc(-c2cc(-c3ccc4c(c3)Sc3cc(-c5cc(-c6ccncc6)nc(-c6ccncc6)c5)ccc3C4(c3ccccc3)c3ccccc3)nc(-c3ccccc3)n2)cc1. The monoisotopic (exact) mass is 811 g/mol. The van der Waals surface area contributed by atoms with Crippen LogP contribution in [0, 0.1) is 0 Å². The topological polar surface area (TPSA) is 64.5 Å². The van der Waals surface area contributed by atoms with Crippen molar-refractivity contribution in [3.05, 3.63) is 247 Å². The molecule has 62 heavy (non-hydrogen) atoms. The molecule has 5 heterocycles. The molecule has 10 aromatic rings. The molecule has 4 aromatic heterocycles. The van der Waals surface area contributed by atoms with Gasteiger partial charge in [-0.15, -0.1) is 0 Å². The average molecular weight is 812 g/mol. The molecule has 0 aliphatic carbocycles. The predicted molar refractivity (Wildman–Crippen MR) is 250 cm³/mol. The Kier molecular flexibility index (Phi) is 9.60. The summed E-state index contributed by atoms with van der Waals surface area (Å²) in [6.45, 7) is 0. The fraction of sp³-hybridized carbons (Fsp3) is 0.0179.